The largest absolute Gasteiger partial charge is 0.369 e. The lowest BCUT2D eigenvalue weighted by molar-refractivity contribution is -0.120. The number of nitrogens with one attached hydrogen (secondary N) is 1. The van der Waals surface area contributed by atoms with Crippen LogP contribution in [0.1, 0.15) is 12.8 Å². The fraction of sp³-hybridized carbons (Fsp3) is 0.500. The highest BCUT2D eigenvalue weighted by Crippen LogP contribution is 2.48. The van der Waals surface area contributed by atoms with Gasteiger partial charge in [-0.25, -0.2) is 4.98 Å². The Morgan fingerprint density at radius 1 is 1.67 bits per heavy atom. The molecule has 2 unspecified atom stereocenters. The molecule has 0 spiro atoms. The number of anilines is 1. The van der Waals surface area contributed by atoms with E-state index in [1.807, 2.05) is 0 Å². The van der Waals surface area contributed by atoms with Gasteiger partial charge in [0, 0.05) is 0 Å². The fourth-order valence-corrected chi connectivity index (χ4v) is 3.31. The minimum atomic E-state index is -3.55. The van der Waals surface area contributed by atoms with Crippen molar-refractivity contribution in [2.45, 2.75) is 25.9 Å². The number of aromatic amines is 1. The van der Waals surface area contributed by atoms with E-state index < -0.39 is 19.4 Å². The third-order valence-electron chi connectivity index (χ3n) is 3.06. The molecule has 1 aliphatic heterocycles. The molecule has 3 rings (SSSR count). The van der Waals surface area contributed by atoms with E-state index in [1.54, 1.807) is 0 Å². The summed E-state index contributed by atoms with van der Waals surface area (Å²) in [7, 11) is -3.55. The van der Waals surface area contributed by atoms with E-state index in [0.717, 1.165) is 0 Å². The standard InChI is InChI=1S/C10H14N5O5P/c11-10-13-8-7(9(16)14-10)12-4-15(8)5-19-6-2-1-3-21(17,18)20-6/h4,6H,1-3,5H2,(H,17,18)(H3,11,13,14,16). The summed E-state index contributed by atoms with van der Waals surface area (Å²) in [4.78, 5) is 31.3. The van der Waals surface area contributed by atoms with E-state index in [-0.39, 0.29) is 30.0 Å². The van der Waals surface area contributed by atoms with Gasteiger partial charge in [0.1, 0.15) is 6.73 Å². The Balaban J connectivity index is 1.77. The Bertz CT molecular complexity index is 771. The maximum Gasteiger partial charge on any atom is 0.330 e. The zero-order valence-corrected chi connectivity index (χ0v) is 11.8. The molecule has 114 valence electrons. The summed E-state index contributed by atoms with van der Waals surface area (Å²) in [6.07, 6.45) is 1.81. The summed E-state index contributed by atoms with van der Waals surface area (Å²) in [5.41, 5.74) is 5.47. The molecule has 0 saturated carbocycles. The lowest BCUT2D eigenvalue weighted by Gasteiger charge is -2.26. The summed E-state index contributed by atoms with van der Waals surface area (Å²) in [6.45, 7) is -0.0168. The van der Waals surface area contributed by atoms with Gasteiger partial charge in [0.05, 0.1) is 12.5 Å². The van der Waals surface area contributed by atoms with Crippen molar-refractivity contribution >= 4 is 24.7 Å². The first-order valence-corrected chi connectivity index (χ1v) is 8.03. The van der Waals surface area contributed by atoms with Gasteiger partial charge in [0.15, 0.2) is 17.5 Å². The molecule has 0 amide bonds. The number of hydrogen-bond donors (Lipinski definition) is 3. The van der Waals surface area contributed by atoms with Crippen LogP contribution in [0.25, 0.3) is 11.2 Å². The van der Waals surface area contributed by atoms with Crippen molar-refractivity contribution in [2.24, 2.45) is 0 Å². The van der Waals surface area contributed by atoms with Gasteiger partial charge < -0.3 is 15.4 Å². The molecule has 1 saturated heterocycles. The number of nitrogens with zero attached hydrogens (tertiary/aromatic N) is 3. The molecule has 2 aromatic heterocycles. The number of hydrogen-bond acceptors (Lipinski definition) is 7. The lowest BCUT2D eigenvalue weighted by Crippen LogP contribution is -2.23. The highest BCUT2D eigenvalue weighted by atomic mass is 31.2. The molecule has 21 heavy (non-hydrogen) atoms. The van der Waals surface area contributed by atoms with E-state index in [9.17, 15) is 14.3 Å². The number of imidazole rings is 1. The molecule has 3 heterocycles. The Kier molecular flexibility index (Phi) is 3.54. The average molecular weight is 315 g/mol. The summed E-state index contributed by atoms with van der Waals surface area (Å²) in [5.74, 6) is -0.0250. The van der Waals surface area contributed by atoms with Crippen molar-refractivity contribution in [1.29, 1.82) is 0 Å². The monoisotopic (exact) mass is 315 g/mol. The van der Waals surface area contributed by atoms with Crippen LogP contribution >= 0.6 is 7.60 Å². The van der Waals surface area contributed by atoms with Gasteiger partial charge in [-0.2, -0.15) is 4.98 Å². The maximum absolute atomic E-state index is 11.6. The Labute approximate surface area is 118 Å². The minimum Gasteiger partial charge on any atom is -0.369 e. The second-order valence-electron chi connectivity index (χ2n) is 4.67. The molecule has 2 atom stereocenters. The van der Waals surface area contributed by atoms with E-state index in [0.29, 0.717) is 12.8 Å². The number of aromatic nitrogens is 4. The van der Waals surface area contributed by atoms with Crippen LogP contribution in [-0.4, -0.2) is 36.9 Å². The van der Waals surface area contributed by atoms with Crippen molar-refractivity contribution in [1.82, 2.24) is 19.5 Å². The topological polar surface area (TPSA) is 145 Å². The Morgan fingerprint density at radius 3 is 3.24 bits per heavy atom. The van der Waals surface area contributed by atoms with Gasteiger partial charge >= 0.3 is 7.60 Å². The van der Waals surface area contributed by atoms with Crippen LogP contribution in [0.15, 0.2) is 11.1 Å². The molecule has 0 radical (unpaired) electrons. The van der Waals surface area contributed by atoms with E-state index in [1.165, 1.54) is 10.9 Å². The van der Waals surface area contributed by atoms with Crippen LogP contribution in [0, 0.1) is 0 Å². The quantitative estimate of drug-likeness (QED) is 0.671. The summed E-state index contributed by atoms with van der Waals surface area (Å²) < 4.78 is 23.3. The third-order valence-corrected chi connectivity index (χ3v) is 4.50. The molecule has 4 N–H and O–H groups in total. The van der Waals surface area contributed by atoms with Crippen LogP contribution in [-0.2, 0) is 20.6 Å². The van der Waals surface area contributed by atoms with E-state index >= 15 is 0 Å². The number of nitrogens with two attached hydrogens (primary N) is 1. The first kappa shape index (κ1) is 14.2. The minimum absolute atomic E-state index is 0.0168. The summed E-state index contributed by atoms with van der Waals surface area (Å²) in [5, 5.41) is 0. The molecular weight excluding hydrogens is 301 g/mol. The van der Waals surface area contributed by atoms with Crippen molar-refractivity contribution in [3.05, 3.63) is 16.7 Å². The van der Waals surface area contributed by atoms with Crippen LogP contribution in [0.2, 0.25) is 0 Å². The van der Waals surface area contributed by atoms with Gasteiger partial charge in [-0.1, -0.05) is 0 Å². The van der Waals surface area contributed by atoms with Crippen molar-refractivity contribution in [2.75, 3.05) is 11.9 Å². The second-order valence-corrected chi connectivity index (χ2v) is 6.60. The van der Waals surface area contributed by atoms with E-state index in [2.05, 4.69) is 15.0 Å². The van der Waals surface area contributed by atoms with Crippen LogP contribution in [0.3, 0.4) is 0 Å². The molecule has 0 aliphatic carbocycles. The molecule has 2 aromatic rings. The molecule has 11 heteroatoms. The van der Waals surface area contributed by atoms with Crippen molar-refractivity contribution in [3.63, 3.8) is 0 Å². The van der Waals surface area contributed by atoms with E-state index in [4.69, 9.17) is 15.0 Å². The van der Waals surface area contributed by atoms with Crippen molar-refractivity contribution < 1.29 is 18.7 Å². The normalized spacial score (nSPS) is 26.2. The van der Waals surface area contributed by atoms with Crippen LogP contribution in [0.5, 0.6) is 0 Å². The van der Waals surface area contributed by atoms with Gasteiger partial charge in [-0.15, -0.1) is 0 Å². The molecule has 1 fully saturated rings. The molecule has 1 aliphatic rings. The summed E-state index contributed by atoms with van der Waals surface area (Å²) >= 11 is 0. The Morgan fingerprint density at radius 2 is 2.48 bits per heavy atom. The third kappa shape index (κ3) is 2.98. The SMILES string of the molecule is Nc1nc2c(ncn2COC2CCCP(=O)(O)O2)c(=O)[nH]1. The van der Waals surface area contributed by atoms with Crippen LogP contribution < -0.4 is 11.3 Å². The fourth-order valence-electron chi connectivity index (χ4n) is 2.09. The number of rotatable bonds is 3. The highest BCUT2D eigenvalue weighted by molar-refractivity contribution is 7.52. The predicted octanol–water partition coefficient (Wildman–Crippen LogP) is -0.00220. The summed E-state index contributed by atoms with van der Waals surface area (Å²) in [6, 6.07) is 0. The zero-order valence-electron chi connectivity index (χ0n) is 10.9. The molecule has 10 nitrogen and oxygen atoms in total. The molecule has 0 aromatic carbocycles. The lowest BCUT2D eigenvalue weighted by atomic mass is 10.3. The molecular formula is C10H14N5O5P. The van der Waals surface area contributed by atoms with Gasteiger partial charge in [0.2, 0.25) is 5.95 Å². The second kappa shape index (κ2) is 5.23. The molecule has 0 bridgehead atoms. The maximum atomic E-state index is 11.6. The smallest absolute Gasteiger partial charge is 0.330 e. The predicted molar refractivity (Wildman–Crippen MR) is 72.4 cm³/mol. The average Bonchev–Trinajstić information content (AvgIpc) is 2.78. The number of H-pyrrole nitrogens is 1. The van der Waals surface area contributed by atoms with Crippen LogP contribution in [0.4, 0.5) is 5.95 Å². The number of fused-ring (bicyclic) bond motifs is 1. The first-order chi connectivity index (χ1) is 9.94. The van der Waals surface area contributed by atoms with Gasteiger partial charge in [0.25, 0.3) is 5.56 Å². The zero-order chi connectivity index (χ0) is 15.0. The van der Waals surface area contributed by atoms with Gasteiger partial charge in [-0.05, 0) is 12.8 Å². The number of ether oxygens (including phenoxy) is 1. The highest BCUT2D eigenvalue weighted by Gasteiger charge is 2.30. The van der Waals surface area contributed by atoms with Gasteiger partial charge in [-0.3, -0.25) is 23.4 Å². The first-order valence-electron chi connectivity index (χ1n) is 6.27. The number of nitrogen functional groups attached to an aromatic ring is 1. The Hall–Kier alpha value is -1.74. The van der Waals surface area contributed by atoms with Crippen molar-refractivity contribution in [3.8, 4) is 0 Å².